The summed E-state index contributed by atoms with van der Waals surface area (Å²) in [6, 6.07) is 0. The van der Waals surface area contributed by atoms with E-state index in [2.05, 4.69) is 0 Å². The summed E-state index contributed by atoms with van der Waals surface area (Å²) in [5.74, 6) is -3.99. The molecule has 0 aromatic heterocycles. The lowest BCUT2D eigenvalue weighted by molar-refractivity contribution is -0.390. The number of aliphatic hydroxyl groups excluding tert-OH is 9. The number of rotatable bonds is 21. The Balaban J connectivity index is 1.51. The van der Waals surface area contributed by atoms with Crippen molar-refractivity contribution < 1.29 is 128 Å². The van der Waals surface area contributed by atoms with Crippen LogP contribution in [0.15, 0.2) is 0 Å². The minimum absolute atomic E-state index is 0.0358. The van der Waals surface area contributed by atoms with E-state index in [4.69, 9.17) is 62.3 Å². The highest BCUT2D eigenvalue weighted by Crippen LogP contribution is 2.36. The van der Waals surface area contributed by atoms with Gasteiger partial charge in [-0.25, -0.2) is 9.59 Å². The Labute approximate surface area is 335 Å². The number of hydrogen-bond donors (Lipinski definition) is 12. The van der Waals surface area contributed by atoms with Crippen molar-refractivity contribution >= 4 is 17.9 Å². The van der Waals surface area contributed by atoms with Gasteiger partial charge < -0.3 is 113 Å². The summed E-state index contributed by atoms with van der Waals surface area (Å²) in [7, 11) is 2.37. The van der Waals surface area contributed by atoms with Crippen molar-refractivity contribution in [1.82, 2.24) is 0 Å². The molecule has 0 bridgehead atoms. The second kappa shape index (κ2) is 22.6. The van der Waals surface area contributed by atoms with Crippen LogP contribution in [0, 0.1) is 0 Å². The maximum absolute atomic E-state index is 11.5. The van der Waals surface area contributed by atoms with Gasteiger partial charge in [0.15, 0.2) is 25.2 Å². The molecule has 4 rings (SSSR count). The van der Waals surface area contributed by atoms with Gasteiger partial charge >= 0.3 is 17.9 Å². The second-order valence-electron chi connectivity index (χ2n) is 14.1. The Bertz CT molecular complexity index is 1320. The van der Waals surface area contributed by atoms with Crippen molar-refractivity contribution in [2.45, 2.75) is 142 Å². The Morgan fingerprint density at radius 3 is 1.46 bits per heavy atom. The van der Waals surface area contributed by atoms with Gasteiger partial charge in [0.05, 0.1) is 25.9 Å². The SMILES string of the molecule is CO[C@@H]1OC(COCC(=O)O)[C@@H](O[C@@H]2OC(CO)[C@@H](O[C@@H]3OC(CO)[C@@H](O[C@@H]4OC(CCCC(=O)O)[C@@H](OC)[C@H](O)C4O)C(O)C3O)[C@H](O)C2OCC(=O)O)C(O)C1O. The molecule has 12 N–H and O–H groups in total. The average molecular weight is 867 g/mol. The summed E-state index contributed by atoms with van der Waals surface area (Å²) in [4.78, 5) is 33.6. The van der Waals surface area contributed by atoms with E-state index in [9.17, 15) is 65.4 Å². The highest BCUT2D eigenvalue weighted by Gasteiger charge is 2.56. The fourth-order valence-electron chi connectivity index (χ4n) is 7.12. The molecule has 20 atom stereocenters. The zero-order valence-corrected chi connectivity index (χ0v) is 31.8. The van der Waals surface area contributed by atoms with Crippen molar-refractivity contribution in [3.05, 3.63) is 0 Å². The molecule has 0 aromatic rings. The molecule has 4 aliphatic rings. The van der Waals surface area contributed by atoms with Crippen LogP contribution in [0.3, 0.4) is 0 Å². The molecule has 0 aromatic carbocycles. The first kappa shape index (κ1) is 49.3. The predicted molar refractivity (Wildman–Crippen MR) is 181 cm³/mol. The van der Waals surface area contributed by atoms with Crippen LogP contribution < -0.4 is 0 Å². The predicted octanol–water partition coefficient (Wildman–Crippen LogP) is -6.96. The Morgan fingerprint density at radius 2 is 0.949 bits per heavy atom. The van der Waals surface area contributed by atoms with Crippen LogP contribution in [0.5, 0.6) is 0 Å². The zero-order chi connectivity index (χ0) is 43.7. The highest BCUT2D eigenvalue weighted by molar-refractivity contribution is 5.68. The number of carboxylic acids is 3. The smallest absolute Gasteiger partial charge is 0.329 e. The van der Waals surface area contributed by atoms with E-state index >= 15 is 0 Å². The summed E-state index contributed by atoms with van der Waals surface area (Å²) in [6.07, 6.45) is -34.2. The number of carboxylic acid groups (broad SMARTS) is 3. The van der Waals surface area contributed by atoms with Crippen LogP contribution in [0.1, 0.15) is 19.3 Å². The van der Waals surface area contributed by atoms with Crippen LogP contribution in [0.2, 0.25) is 0 Å². The van der Waals surface area contributed by atoms with Crippen molar-refractivity contribution in [1.29, 1.82) is 0 Å². The first-order chi connectivity index (χ1) is 28.0. The maximum Gasteiger partial charge on any atom is 0.329 e. The van der Waals surface area contributed by atoms with Crippen molar-refractivity contribution in [3.8, 4) is 0 Å². The monoisotopic (exact) mass is 866 g/mol. The van der Waals surface area contributed by atoms with E-state index in [1.54, 1.807) is 0 Å². The van der Waals surface area contributed by atoms with Crippen molar-refractivity contribution in [2.24, 2.45) is 0 Å². The van der Waals surface area contributed by atoms with Crippen LogP contribution in [-0.4, -0.2) is 249 Å². The molecule has 4 saturated heterocycles. The Morgan fingerprint density at radius 1 is 0.492 bits per heavy atom. The molecule has 0 amide bonds. The van der Waals surface area contributed by atoms with Gasteiger partial charge in [0.25, 0.3) is 0 Å². The summed E-state index contributed by atoms with van der Waals surface area (Å²) < 4.78 is 60.9. The molecule has 0 aliphatic carbocycles. The van der Waals surface area contributed by atoms with E-state index < -0.39 is 174 Å². The zero-order valence-electron chi connectivity index (χ0n) is 31.8. The van der Waals surface area contributed by atoms with E-state index in [1.165, 1.54) is 7.11 Å². The van der Waals surface area contributed by atoms with Gasteiger partial charge in [-0.1, -0.05) is 0 Å². The standard InChI is InChI=1S/C33H54O26/c1-49-25-11(4-3-5-15(36)37)53-31(22(46)18(25)42)57-26-12(6-34)54-32(23(47)20(26)44)58-27-13(7-35)55-33(29(24(27)48)52-10-17(40)41)59-28-14(8-51-9-16(38)39)56-30(50-2)21(45)19(28)43/h11-14,18-35,42-48H,3-10H2,1-2H3,(H,36,37)(H,38,39)(H,40,41)/t11?,12?,13?,14?,18-,19?,20?,21?,22?,23?,24+,25-,26-,27-,28-,29?,30-,31+,32+,33+/m1/s1. The lowest BCUT2D eigenvalue weighted by atomic mass is 9.94. The molecule has 0 radical (unpaired) electrons. The lowest BCUT2D eigenvalue weighted by Gasteiger charge is -2.49. The molecular weight excluding hydrogens is 812 g/mol. The fraction of sp³-hybridized carbons (Fsp3) is 0.909. The summed E-state index contributed by atoms with van der Waals surface area (Å²) >= 11 is 0. The molecule has 342 valence electrons. The Kier molecular flexibility index (Phi) is 18.9. The first-order valence-electron chi connectivity index (χ1n) is 18.4. The molecule has 10 unspecified atom stereocenters. The number of aliphatic hydroxyl groups is 9. The summed E-state index contributed by atoms with van der Waals surface area (Å²) in [6.45, 7) is -4.38. The summed E-state index contributed by atoms with van der Waals surface area (Å²) in [5.41, 5.74) is 0. The number of aliphatic carboxylic acids is 3. The third kappa shape index (κ3) is 12.2. The minimum atomic E-state index is -2.10. The molecule has 0 saturated carbocycles. The van der Waals surface area contributed by atoms with Crippen LogP contribution in [-0.2, 0) is 66.5 Å². The fourth-order valence-corrected chi connectivity index (χ4v) is 7.12. The Hall–Kier alpha value is -2.39. The van der Waals surface area contributed by atoms with Gasteiger partial charge in [0, 0.05) is 20.6 Å². The number of methoxy groups -OCH3 is 2. The third-order valence-corrected chi connectivity index (χ3v) is 10.1. The molecule has 0 spiro atoms. The number of ether oxygens (including phenoxy) is 11. The molecule has 4 heterocycles. The topological polar surface area (TPSA) is 396 Å². The molecular formula is C33H54O26. The highest BCUT2D eigenvalue weighted by atomic mass is 16.8. The minimum Gasteiger partial charge on any atom is -0.481 e. The van der Waals surface area contributed by atoms with E-state index in [0.29, 0.717) is 0 Å². The van der Waals surface area contributed by atoms with Gasteiger partial charge in [-0.3, -0.25) is 4.79 Å². The van der Waals surface area contributed by atoms with Crippen molar-refractivity contribution in [3.63, 3.8) is 0 Å². The average Bonchev–Trinajstić information content (AvgIpc) is 3.19. The molecule has 59 heavy (non-hydrogen) atoms. The second-order valence-corrected chi connectivity index (χ2v) is 14.1. The molecule has 26 nitrogen and oxygen atoms in total. The van der Waals surface area contributed by atoms with Crippen LogP contribution in [0.4, 0.5) is 0 Å². The van der Waals surface area contributed by atoms with Gasteiger partial charge in [-0.05, 0) is 12.8 Å². The normalized spacial score (nSPS) is 43.0. The summed E-state index contributed by atoms with van der Waals surface area (Å²) in [5, 5.41) is 125. The number of hydrogen-bond acceptors (Lipinski definition) is 23. The molecule has 4 fully saturated rings. The first-order valence-corrected chi connectivity index (χ1v) is 18.4. The van der Waals surface area contributed by atoms with Crippen LogP contribution in [0.25, 0.3) is 0 Å². The molecule has 26 heteroatoms. The van der Waals surface area contributed by atoms with E-state index in [0.717, 1.165) is 7.11 Å². The van der Waals surface area contributed by atoms with E-state index in [1.807, 2.05) is 0 Å². The van der Waals surface area contributed by atoms with Gasteiger partial charge in [-0.2, -0.15) is 0 Å². The molecule has 4 aliphatic heterocycles. The van der Waals surface area contributed by atoms with E-state index in [-0.39, 0.29) is 19.3 Å². The quantitative estimate of drug-likeness (QED) is 0.0510. The van der Waals surface area contributed by atoms with Crippen LogP contribution >= 0.6 is 0 Å². The third-order valence-electron chi connectivity index (χ3n) is 10.1. The maximum atomic E-state index is 11.5. The van der Waals surface area contributed by atoms with Gasteiger partial charge in [0.2, 0.25) is 0 Å². The lowest BCUT2D eigenvalue weighted by Crippen LogP contribution is -2.68. The largest absolute Gasteiger partial charge is 0.481 e. The van der Waals surface area contributed by atoms with Crippen molar-refractivity contribution in [2.75, 3.05) is 47.3 Å². The van der Waals surface area contributed by atoms with Gasteiger partial charge in [-0.15, -0.1) is 0 Å². The van der Waals surface area contributed by atoms with Gasteiger partial charge in [0.1, 0.15) is 105 Å². The number of carbonyl (C=O) groups is 3.